The highest BCUT2D eigenvalue weighted by molar-refractivity contribution is 6.00. The molecule has 3 nitrogen and oxygen atoms in total. The van der Waals surface area contributed by atoms with Gasteiger partial charge in [0.1, 0.15) is 5.75 Å². The molecule has 1 aromatic carbocycles. The summed E-state index contributed by atoms with van der Waals surface area (Å²) in [5.74, 6) is 1.17. The van der Waals surface area contributed by atoms with Crippen molar-refractivity contribution in [3.8, 4) is 5.75 Å². The fourth-order valence-corrected chi connectivity index (χ4v) is 3.65. The molecule has 1 aromatic rings. The van der Waals surface area contributed by atoms with Gasteiger partial charge in [0.2, 0.25) is 0 Å². The molecule has 0 aromatic heterocycles. The Morgan fingerprint density at radius 1 is 1.25 bits per heavy atom. The quantitative estimate of drug-likeness (QED) is 0.856. The van der Waals surface area contributed by atoms with E-state index in [1.54, 1.807) is 0 Å². The number of carbonyl (C=O) groups excluding carboxylic acids is 1. The smallest absolute Gasteiger partial charge is 0.169 e. The Hall–Kier alpha value is -1.35. The summed E-state index contributed by atoms with van der Waals surface area (Å²) in [6.07, 6.45) is 5.70. The Morgan fingerprint density at radius 3 is 2.65 bits per heavy atom. The number of piperidine rings is 2. The highest BCUT2D eigenvalue weighted by Crippen LogP contribution is 2.33. The van der Waals surface area contributed by atoms with Crippen molar-refractivity contribution in [3.63, 3.8) is 0 Å². The van der Waals surface area contributed by atoms with Gasteiger partial charge in [-0.05, 0) is 44.7 Å². The second kappa shape index (κ2) is 5.96. The number of ether oxygens (including phenoxy) is 1. The summed E-state index contributed by atoms with van der Waals surface area (Å²) in [4.78, 5) is 12.8. The summed E-state index contributed by atoms with van der Waals surface area (Å²) in [6, 6.07) is 8.74. The van der Waals surface area contributed by atoms with Gasteiger partial charge in [-0.3, -0.25) is 4.79 Å². The van der Waals surface area contributed by atoms with Gasteiger partial charge in [0, 0.05) is 18.0 Å². The number of para-hydroxylation sites is 1. The molecular weight excluding hydrogens is 250 g/mol. The monoisotopic (exact) mass is 273 g/mol. The lowest BCUT2D eigenvalue weighted by Gasteiger charge is -2.39. The van der Waals surface area contributed by atoms with Gasteiger partial charge in [0.15, 0.2) is 5.78 Å². The molecule has 0 amide bonds. The van der Waals surface area contributed by atoms with Crippen LogP contribution in [0.4, 0.5) is 0 Å². The molecule has 2 fully saturated rings. The van der Waals surface area contributed by atoms with Gasteiger partial charge in [0.05, 0.1) is 12.2 Å². The van der Waals surface area contributed by atoms with E-state index in [4.69, 9.17) is 4.74 Å². The second-order valence-electron chi connectivity index (χ2n) is 5.95. The van der Waals surface area contributed by atoms with Gasteiger partial charge in [-0.1, -0.05) is 18.6 Å². The van der Waals surface area contributed by atoms with E-state index in [1.165, 1.54) is 19.3 Å². The zero-order chi connectivity index (χ0) is 13.9. The molecule has 0 radical (unpaired) electrons. The third kappa shape index (κ3) is 2.73. The summed E-state index contributed by atoms with van der Waals surface area (Å²) in [7, 11) is 0. The number of hydrogen-bond donors (Lipinski definition) is 1. The van der Waals surface area contributed by atoms with Crippen molar-refractivity contribution in [2.45, 2.75) is 51.1 Å². The largest absolute Gasteiger partial charge is 0.493 e. The molecule has 0 aliphatic carbocycles. The van der Waals surface area contributed by atoms with E-state index in [1.807, 2.05) is 31.2 Å². The first-order chi connectivity index (χ1) is 9.78. The van der Waals surface area contributed by atoms with Crippen molar-refractivity contribution in [1.82, 2.24) is 5.32 Å². The molecule has 2 unspecified atom stereocenters. The van der Waals surface area contributed by atoms with Gasteiger partial charge < -0.3 is 10.1 Å². The molecule has 2 aliphatic rings. The molecule has 0 spiro atoms. The second-order valence-corrected chi connectivity index (χ2v) is 5.95. The fourth-order valence-electron chi connectivity index (χ4n) is 3.65. The van der Waals surface area contributed by atoms with E-state index in [0.29, 0.717) is 18.7 Å². The van der Waals surface area contributed by atoms with Crippen molar-refractivity contribution in [2.75, 3.05) is 6.61 Å². The van der Waals surface area contributed by atoms with Gasteiger partial charge in [0.25, 0.3) is 0 Å². The number of rotatable bonds is 4. The summed E-state index contributed by atoms with van der Waals surface area (Å²) in [6.45, 7) is 2.55. The van der Waals surface area contributed by atoms with Crippen molar-refractivity contribution < 1.29 is 9.53 Å². The number of benzene rings is 1. The Bertz CT molecular complexity index is 474. The van der Waals surface area contributed by atoms with Crippen LogP contribution in [0.1, 0.15) is 49.4 Å². The van der Waals surface area contributed by atoms with E-state index in [-0.39, 0.29) is 11.7 Å². The van der Waals surface area contributed by atoms with Gasteiger partial charge in [-0.25, -0.2) is 0 Å². The van der Waals surface area contributed by atoms with E-state index in [2.05, 4.69) is 5.32 Å². The summed E-state index contributed by atoms with van der Waals surface area (Å²) < 4.78 is 5.61. The third-order valence-corrected chi connectivity index (χ3v) is 4.54. The SMILES string of the molecule is CCOc1ccccc1C(=O)C1CC2CCCC(C1)N2. The van der Waals surface area contributed by atoms with E-state index in [0.717, 1.165) is 24.2 Å². The number of Topliss-reactive ketones (excluding diaryl/α,β-unsaturated/α-hetero) is 1. The van der Waals surface area contributed by atoms with Crippen LogP contribution in [0.2, 0.25) is 0 Å². The molecule has 2 atom stereocenters. The van der Waals surface area contributed by atoms with Crippen LogP contribution in [0.15, 0.2) is 24.3 Å². The molecule has 0 saturated carbocycles. The average Bonchev–Trinajstić information content (AvgIpc) is 2.47. The summed E-state index contributed by atoms with van der Waals surface area (Å²) in [5.41, 5.74) is 0.763. The molecule has 2 bridgehead atoms. The van der Waals surface area contributed by atoms with Crippen LogP contribution in [-0.4, -0.2) is 24.5 Å². The maximum atomic E-state index is 12.8. The van der Waals surface area contributed by atoms with Crippen molar-refractivity contribution >= 4 is 5.78 Å². The van der Waals surface area contributed by atoms with Crippen molar-refractivity contribution in [3.05, 3.63) is 29.8 Å². The van der Waals surface area contributed by atoms with Crippen LogP contribution in [0, 0.1) is 5.92 Å². The van der Waals surface area contributed by atoms with Gasteiger partial charge in [-0.2, -0.15) is 0 Å². The van der Waals surface area contributed by atoms with Crippen LogP contribution in [0.25, 0.3) is 0 Å². The maximum Gasteiger partial charge on any atom is 0.169 e. The molecule has 108 valence electrons. The standard InChI is InChI=1S/C17H23NO2/c1-2-20-16-9-4-3-8-15(16)17(19)12-10-13-6-5-7-14(11-12)18-13/h3-4,8-9,12-14,18H,2,5-7,10-11H2,1H3. The Morgan fingerprint density at radius 2 is 1.95 bits per heavy atom. The van der Waals surface area contributed by atoms with Crippen LogP contribution >= 0.6 is 0 Å². The Kier molecular flexibility index (Phi) is 4.06. The predicted molar refractivity (Wildman–Crippen MR) is 79.2 cm³/mol. The predicted octanol–water partition coefficient (Wildman–Crippen LogP) is 3.19. The van der Waals surface area contributed by atoms with Crippen molar-refractivity contribution in [1.29, 1.82) is 0 Å². The van der Waals surface area contributed by atoms with Crippen LogP contribution < -0.4 is 10.1 Å². The number of fused-ring (bicyclic) bond motifs is 2. The minimum atomic E-state index is 0.160. The molecule has 20 heavy (non-hydrogen) atoms. The molecule has 2 heterocycles. The lowest BCUT2D eigenvalue weighted by molar-refractivity contribution is 0.0821. The molecular formula is C17H23NO2. The van der Waals surface area contributed by atoms with Crippen LogP contribution in [0.5, 0.6) is 5.75 Å². The van der Waals surface area contributed by atoms with Crippen molar-refractivity contribution in [2.24, 2.45) is 5.92 Å². The number of carbonyl (C=O) groups is 1. The van der Waals surface area contributed by atoms with Crippen LogP contribution in [-0.2, 0) is 0 Å². The number of hydrogen-bond acceptors (Lipinski definition) is 3. The normalized spacial score (nSPS) is 28.9. The lowest BCUT2D eigenvalue weighted by atomic mass is 9.77. The van der Waals surface area contributed by atoms with Crippen LogP contribution in [0.3, 0.4) is 0 Å². The zero-order valence-corrected chi connectivity index (χ0v) is 12.1. The highest BCUT2D eigenvalue weighted by atomic mass is 16.5. The zero-order valence-electron chi connectivity index (χ0n) is 12.1. The van der Waals surface area contributed by atoms with E-state index in [9.17, 15) is 4.79 Å². The number of ketones is 1. The third-order valence-electron chi connectivity index (χ3n) is 4.54. The Labute approximate surface area is 120 Å². The maximum absolute atomic E-state index is 12.8. The van der Waals surface area contributed by atoms with E-state index < -0.39 is 0 Å². The topological polar surface area (TPSA) is 38.3 Å². The number of nitrogens with one attached hydrogen (secondary N) is 1. The molecule has 2 aliphatic heterocycles. The molecule has 1 N–H and O–H groups in total. The minimum Gasteiger partial charge on any atom is -0.493 e. The first-order valence-corrected chi connectivity index (χ1v) is 7.80. The first kappa shape index (κ1) is 13.6. The average molecular weight is 273 g/mol. The fraction of sp³-hybridized carbons (Fsp3) is 0.588. The molecule has 3 rings (SSSR count). The summed E-state index contributed by atoms with van der Waals surface area (Å²) >= 11 is 0. The first-order valence-electron chi connectivity index (χ1n) is 7.80. The summed E-state index contributed by atoms with van der Waals surface area (Å²) in [5, 5.41) is 3.65. The lowest BCUT2D eigenvalue weighted by Crippen LogP contribution is -2.50. The molecule has 2 saturated heterocycles. The Balaban J connectivity index is 1.78. The highest BCUT2D eigenvalue weighted by Gasteiger charge is 2.35. The minimum absolute atomic E-state index is 0.160. The van der Waals surface area contributed by atoms with Gasteiger partial charge >= 0.3 is 0 Å². The van der Waals surface area contributed by atoms with Gasteiger partial charge in [-0.15, -0.1) is 0 Å². The van der Waals surface area contributed by atoms with E-state index >= 15 is 0 Å². The molecule has 3 heteroatoms.